The lowest BCUT2D eigenvalue weighted by Crippen LogP contribution is -2.08. The number of carbonyl (C=O) groups is 1. The molecule has 0 unspecified atom stereocenters. The predicted octanol–water partition coefficient (Wildman–Crippen LogP) is 6.19. The lowest BCUT2D eigenvalue weighted by atomic mass is 10.2. The number of para-hydroxylation sites is 2. The first-order chi connectivity index (χ1) is 17.5. The van der Waals surface area contributed by atoms with Crippen LogP contribution in [0.5, 0.6) is 5.75 Å². The number of hydrogen-bond acceptors (Lipinski definition) is 4. The van der Waals surface area contributed by atoms with E-state index in [2.05, 4.69) is 6.58 Å². The Bertz CT molecular complexity index is 1790. The number of ether oxygens (including phenoxy) is 1. The molecule has 0 spiro atoms. The molecule has 0 aliphatic carbocycles. The second kappa shape index (κ2) is 8.42. The van der Waals surface area contributed by atoms with Gasteiger partial charge in [0, 0.05) is 18.3 Å². The van der Waals surface area contributed by atoms with Gasteiger partial charge in [-0.15, -0.1) is 6.58 Å². The Morgan fingerprint density at radius 3 is 2.33 bits per heavy atom. The van der Waals surface area contributed by atoms with Crippen LogP contribution in [0.4, 0.5) is 8.78 Å². The minimum absolute atomic E-state index is 0.210. The Morgan fingerprint density at radius 2 is 1.61 bits per heavy atom. The lowest BCUT2D eigenvalue weighted by Gasteiger charge is -2.09. The van der Waals surface area contributed by atoms with Crippen molar-refractivity contribution in [3.63, 3.8) is 0 Å². The Kier molecular flexibility index (Phi) is 5.07. The van der Waals surface area contributed by atoms with Crippen molar-refractivity contribution in [2.45, 2.75) is 6.54 Å². The fraction of sp³-hybridized carbons (Fsp3) is 0.0357. The van der Waals surface area contributed by atoms with Crippen molar-refractivity contribution in [2.75, 3.05) is 0 Å². The van der Waals surface area contributed by atoms with Crippen LogP contribution in [0.2, 0.25) is 0 Å². The van der Waals surface area contributed by atoms with Gasteiger partial charge in [-0.05, 0) is 60.7 Å². The molecule has 6 nitrogen and oxygen atoms in total. The van der Waals surface area contributed by atoms with Crippen molar-refractivity contribution >= 4 is 33.7 Å². The quantitative estimate of drug-likeness (QED) is 0.218. The van der Waals surface area contributed by atoms with Crippen LogP contribution in [-0.4, -0.2) is 24.9 Å². The predicted molar refractivity (Wildman–Crippen MR) is 133 cm³/mol. The number of aromatic nitrogens is 4. The molecule has 0 N–H and O–H groups in total. The van der Waals surface area contributed by atoms with E-state index in [0.29, 0.717) is 34.6 Å². The van der Waals surface area contributed by atoms with Crippen molar-refractivity contribution in [3.8, 4) is 17.1 Å². The molecule has 3 heterocycles. The van der Waals surface area contributed by atoms with Gasteiger partial charge >= 0.3 is 5.97 Å². The van der Waals surface area contributed by atoms with E-state index in [0.717, 1.165) is 11.0 Å². The Balaban J connectivity index is 1.64. The SMILES string of the molecule is C=CCn1cc(OC(=O)c2ccc(F)cc2)c2c1nc(-c1ccc(F)cc1)n1c3ccccc3nc21. The van der Waals surface area contributed by atoms with E-state index >= 15 is 0 Å². The molecule has 6 rings (SSSR count). The zero-order chi connectivity index (χ0) is 24.8. The van der Waals surface area contributed by atoms with E-state index in [1.165, 1.54) is 36.4 Å². The molecule has 0 bridgehead atoms. The first-order valence-electron chi connectivity index (χ1n) is 11.2. The monoisotopic (exact) mass is 480 g/mol. The van der Waals surface area contributed by atoms with E-state index in [-0.39, 0.29) is 17.1 Å². The number of benzene rings is 3. The highest BCUT2D eigenvalue weighted by Crippen LogP contribution is 2.36. The molecule has 3 aromatic carbocycles. The molecule has 36 heavy (non-hydrogen) atoms. The van der Waals surface area contributed by atoms with E-state index in [9.17, 15) is 13.6 Å². The molecular formula is C28H18F2N4O2. The minimum Gasteiger partial charge on any atom is -0.420 e. The summed E-state index contributed by atoms with van der Waals surface area (Å²) >= 11 is 0. The van der Waals surface area contributed by atoms with Gasteiger partial charge in [0.1, 0.15) is 28.5 Å². The number of rotatable bonds is 5. The van der Waals surface area contributed by atoms with Crippen molar-refractivity contribution < 1.29 is 18.3 Å². The highest BCUT2D eigenvalue weighted by molar-refractivity contribution is 6.03. The number of allylic oxidation sites excluding steroid dienone is 1. The summed E-state index contributed by atoms with van der Waals surface area (Å²) in [6.07, 6.45) is 3.38. The third kappa shape index (κ3) is 3.51. The summed E-state index contributed by atoms with van der Waals surface area (Å²) in [5.74, 6) is -0.607. The molecule has 0 saturated heterocycles. The highest BCUT2D eigenvalue weighted by atomic mass is 19.1. The fourth-order valence-corrected chi connectivity index (χ4v) is 4.30. The zero-order valence-corrected chi connectivity index (χ0v) is 18.9. The van der Waals surface area contributed by atoms with Crippen LogP contribution in [-0.2, 0) is 6.54 Å². The normalized spacial score (nSPS) is 11.4. The van der Waals surface area contributed by atoms with E-state index in [4.69, 9.17) is 14.7 Å². The second-order valence-corrected chi connectivity index (χ2v) is 8.23. The maximum Gasteiger partial charge on any atom is 0.343 e. The van der Waals surface area contributed by atoms with Crippen LogP contribution in [0.1, 0.15) is 10.4 Å². The molecule has 176 valence electrons. The summed E-state index contributed by atoms with van der Waals surface area (Å²) in [7, 11) is 0. The summed E-state index contributed by atoms with van der Waals surface area (Å²) in [6, 6.07) is 18.8. The van der Waals surface area contributed by atoms with E-state index in [1.807, 2.05) is 33.2 Å². The van der Waals surface area contributed by atoms with Gasteiger partial charge in [-0.1, -0.05) is 18.2 Å². The number of nitrogens with zero attached hydrogens (tertiary/aromatic N) is 4. The Hall–Kier alpha value is -4.85. The topological polar surface area (TPSA) is 61.4 Å². The van der Waals surface area contributed by atoms with Gasteiger partial charge in [-0.3, -0.25) is 4.40 Å². The standard InChI is InChI=1S/C28H18F2N4O2/c1-2-15-33-16-23(36-28(35)18-9-13-20(30)14-10-18)24-26(33)32-25(17-7-11-19(29)12-8-17)34-22-6-4-3-5-21(22)31-27(24)34/h2-14,16H,1,15H2. The van der Waals surface area contributed by atoms with Gasteiger partial charge in [0.15, 0.2) is 11.4 Å². The molecule has 0 saturated carbocycles. The highest BCUT2D eigenvalue weighted by Gasteiger charge is 2.23. The van der Waals surface area contributed by atoms with Crippen molar-refractivity contribution in [2.24, 2.45) is 0 Å². The third-order valence-electron chi connectivity index (χ3n) is 5.93. The van der Waals surface area contributed by atoms with Gasteiger partial charge < -0.3 is 9.30 Å². The van der Waals surface area contributed by atoms with Crippen molar-refractivity contribution in [1.82, 2.24) is 18.9 Å². The molecule has 0 aliphatic rings. The molecule has 0 radical (unpaired) electrons. The summed E-state index contributed by atoms with van der Waals surface area (Å²) in [5, 5.41) is 0.536. The molecule has 8 heteroatoms. The average Bonchev–Trinajstić information content (AvgIpc) is 3.43. The summed E-state index contributed by atoms with van der Waals surface area (Å²) in [6.45, 7) is 4.22. The van der Waals surface area contributed by atoms with E-state index in [1.54, 1.807) is 24.4 Å². The van der Waals surface area contributed by atoms with Crippen LogP contribution >= 0.6 is 0 Å². The summed E-state index contributed by atoms with van der Waals surface area (Å²) in [4.78, 5) is 22.7. The maximum absolute atomic E-state index is 13.7. The molecule has 3 aromatic heterocycles. The number of imidazole rings is 1. The van der Waals surface area contributed by atoms with Crippen LogP contribution in [0, 0.1) is 11.6 Å². The van der Waals surface area contributed by atoms with Crippen LogP contribution in [0.15, 0.2) is 91.6 Å². The number of hydrogen-bond donors (Lipinski definition) is 0. The molecule has 0 fully saturated rings. The zero-order valence-electron chi connectivity index (χ0n) is 18.9. The first-order valence-corrected chi connectivity index (χ1v) is 11.2. The number of halogens is 2. The Morgan fingerprint density at radius 1 is 0.917 bits per heavy atom. The number of carbonyl (C=O) groups excluding carboxylic acids is 1. The van der Waals surface area contributed by atoms with Crippen LogP contribution < -0.4 is 4.74 Å². The molecule has 6 aromatic rings. The summed E-state index contributed by atoms with van der Waals surface area (Å²) < 4.78 is 36.5. The molecule has 0 amide bonds. The number of fused-ring (bicyclic) bond motifs is 5. The minimum atomic E-state index is -0.635. The fourth-order valence-electron chi connectivity index (χ4n) is 4.30. The van der Waals surface area contributed by atoms with E-state index < -0.39 is 11.8 Å². The molecule has 0 atom stereocenters. The van der Waals surface area contributed by atoms with Gasteiger partial charge in [-0.25, -0.2) is 23.5 Å². The third-order valence-corrected chi connectivity index (χ3v) is 5.93. The number of esters is 1. The lowest BCUT2D eigenvalue weighted by molar-refractivity contribution is 0.0737. The largest absolute Gasteiger partial charge is 0.420 e. The average molecular weight is 480 g/mol. The van der Waals surface area contributed by atoms with Crippen molar-refractivity contribution in [1.29, 1.82) is 0 Å². The van der Waals surface area contributed by atoms with Gasteiger partial charge in [0.2, 0.25) is 0 Å². The summed E-state index contributed by atoms with van der Waals surface area (Å²) in [5.41, 5.74) is 3.49. The molecule has 0 aliphatic heterocycles. The first kappa shape index (κ1) is 21.7. The second-order valence-electron chi connectivity index (χ2n) is 8.23. The van der Waals surface area contributed by atoms with Crippen molar-refractivity contribution in [3.05, 3.63) is 109 Å². The van der Waals surface area contributed by atoms with Crippen LogP contribution in [0.3, 0.4) is 0 Å². The van der Waals surface area contributed by atoms with Gasteiger partial charge in [-0.2, -0.15) is 0 Å². The smallest absolute Gasteiger partial charge is 0.343 e. The molecular weight excluding hydrogens is 462 g/mol. The maximum atomic E-state index is 13.7. The Labute approximate surface area is 203 Å². The van der Waals surface area contributed by atoms with Gasteiger partial charge in [0.25, 0.3) is 0 Å². The van der Waals surface area contributed by atoms with Crippen LogP contribution in [0.25, 0.3) is 39.1 Å². The van der Waals surface area contributed by atoms with Gasteiger partial charge in [0.05, 0.1) is 16.6 Å².